The van der Waals surface area contributed by atoms with Crippen LogP contribution in [0.3, 0.4) is 0 Å². The first-order valence-corrected chi connectivity index (χ1v) is 8.91. The Morgan fingerprint density at radius 3 is 2.42 bits per heavy atom. The molecule has 2 aliphatic carbocycles. The maximum absolute atomic E-state index is 12.6. The van der Waals surface area contributed by atoms with Gasteiger partial charge < -0.3 is 15.7 Å². The van der Waals surface area contributed by atoms with Gasteiger partial charge in [0.05, 0.1) is 4.92 Å². The van der Waals surface area contributed by atoms with Crippen LogP contribution in [0.25, 0.3) is 0 Å². The van der Waals surface area contributed by atoms with Crippen molar-refractivity contribution < 1.29 is 19.6 Å². The van der Waals surface area contributed by atoms with Crippen LogP contribution in [0, 0.1) is 16.0 Å². The summed E-state index contributed by atoms with van der Waals surface area (Å²) in [6, 6.07) is 4.46. The predicted octanol–water partition coefficient (Wildman–Crippen LogP) is 2.93. The number of benzene rings is 1. The Bertz CT molecular complexity index is 736. The van der Waals surface area contributed by atoms with E-state index < -0.39 is 22.3 Å². The number of nitro groups is 1. The summed E-state index contributed by atoms with van der Waals surface area (Å²) in [6.45, 7) is 2.06. The van der Waals surface area contributed by atoms with Crippen molar-refractivity contribution in [2.24, 2.45) is 5.92 Å². The molecule has 140 valence electrons. The number of hydrogen-bond acceptors (Lipinski definition) is 5. The van der Waals surface area contributed by atoms with Gasteiger partial charge in [-0.2, -0.15) is 0 Å². The first kappa shape index (κ1) is 18.2. The zero-order valence-corrected chi connectivity index (χ0v) is 14.7. The lowest BCUT2D eigenvalue weighted by atomic mass is 9.77. The minimum atomic E-state index is -1.30. The van der Waals surface area contributed by atoms with Crippen molar-refractivity contribution in [3.05, 3.63) is 33.9 Å². The van der Waals surface area contributed by atoms with Crippen molar-refractivity contribution >= 4 is 23.3 Å². The minimum Gasteiger partial charge on any atom is -0.480 e. The second-order valence-corrected chi connectivity index (χ2v) is 7.43. The molecule has 0 unspecified atom stereocenters. The molecule has 0 saturated heterocycles. The Labute approximate surface area is 151 Å². The molecule has 0 radical (unpaired) electrons. The molecule has 1 aromatic carbocycles. The van der Waals surface area contributed by atoms with Crippen molar-refractivity contribution in [2.75, 3.05) is 5.32 Å². The maximum atomic E-state index is 12.6. The fraction of sp³-hybridized carbons (Fsp3) is 0.556. The van der Waals surface area contributed by atoms with Crippen molar-refractivity contribution in [1.29, 1.82) is 0 Å². The summed E-state index contributed by atoms with van der Waals surface area (Å²) in [6.07, 6.45) is 4.10. The van der Waals surface area contributed by atoms with E-state index in [0.717, 1.165) is 25.7 Å². The second-order valence-electron chi connectivity index (χ2n) is 7.43. The smallest absolute Gasteiger partial charge is 0.329 e. The van der Waals surface area contributed by atoms with Gasteiger partial charge >= 0.3 is 5.97 Å². The molecule has 1 aromatic rings. The molecule has 0 atom stereocenters. The molecule has 3 N–H and O–H groups in total. The highest BCUT2D eigenvalue weighted by molar-refractivity contribution is 5.99. The highest BCUT2D eigenvalue weighted by atomic mass is 16.6. The van der Waals surface area contributed by atoms with Gasteiger partial charge in [0.1, 0.15) is 11.2 Å². The molecule has 0 bridgehead atoms. The standard InChI is InChI=1S/C18H23N3O5/c1-11-6-8-18(9-7-11,17(23)24)20-16(22)12-2-5-14(19-13-3-4-13)15(10-12)21(25)26/h2,5,10-11,13,19H,3-4,6-9H2,1H3,(H,20,22)(H,23,24). The minimum absolute atomic E-state index is 0.0947. The molecule has 0 aromatic heterocycles. The summed E-state index contributed by atoms with van der Waals surface area (Å²) in [5, 5.41) is 26.7. The van der Waals surface area contributed by atoms with E-state index in [-0.39, 0.29) is 17.3 Å². The average molecular weight is 361 g/mol. The van der Waals surface area contributed by atoms with Crippen molar-refractivity contribution in [3.63, 3.8) is 0 Å². The molecule has 8 nitrogen and oxygen atoms in total. The summed E-state index contributed by atoms with van der Waals surface area (Å²) in [4.78, 5) is 35.2. The number of carbonyl (C=O) groups excluding carboxylic acids is 1. The van der Waals surface area contributed by atoms with Crippen molar-refractivity contribution in [1.82, 2.24) is 5.32 Å². The molecule has 1 amide bonds. The highest BCUT2D eigenvalue weighted by Crippen LogP contribution is 2.34. The predicted molar refractivity (Wildman–Crippen MR) is 95.2 cm³/mol. The normalized spacial score (nSPS) is 25.3. The molecular formula is C18H23N3O5. The molecular weight excluding hydrogens is 338 g/mol. The number of carboxylic acid groups (broad SMARTS) is 1. The largest absolute Gasteiger partial charge is 0.480 e. The van der Waals surface area contributed by atoms with Crippen LogP contribution in [0.5, 0.6) is 0 Å². The van der Waals surface area contributed by atoms with Crippen LogP contribution in [0.15, 0.2) is 18.2 Å². The van der Waals surface area contributed by atoms with E-state index in [2.05, 4.69) is 17.6 Å². The molecule has 0 spiro atoms. The number of nitro benzene ring substituents is 1. The molecule has 2 fully saturated rings. The Morgan fingerprint density at radius 1 is 1.23 bits per heavy atom. The Kier molecular flexibility index (Phi) is 4.84. The Balaban J connectivity index is 1.81. The molecule has 0 aliphatic heterocycles. The highest BCUT2D eigenvalue weighted by Gasteiger charge is 2.42. The number of nitrogens with one attached hydrogen (secondary N) is 2. The molecule has 2 saturated carbocycles. The number of carbonyl (C=O) groups is 2. The zero-order valence-electron chi connectivity index (χ0n) is 14.7. The lowest BCUT2D eigenvalue weighted by Gasteiger charge is -2.36. The lowest BCUT2D eigenvalue weighted by molar-refractivity contribution is -0.384. The summed E-state index contributed by atoms with van der Waals surface area (Å²) < 4.78 is 0. The number of amides is 1. The van der Waals surface area contributed by atoms with Gasteiger partial charge in [-0.25, -0.2) is 4.79 Å². The lowest BCUT2D eigenvalue weighted by Crippen LogP contribution is -2.56. The summed E-state index contributed by atoms with van der Waals surface area (Å²) >= 11 is 0. The number of rotatable bonds is 6. The number of aliphatic carboxylic acids is 1. The van der Waals surface area contributed by atoms with Crippen LogP contribution in [-0.2, 0) is 4.79 Å². The monoisotopic (exact) mass is 361 g/mol. The Hall–Kier alpha value is -2.64. The van der Waals surface area contributed by atoms with Gasteiger partial charge in [-0.05, 0) is 56.6 Å². The number of carboxylic acids is 1. The second kappa shape index (κ2) is 6.93. The van der Waals surface area contributed by atoms with Gasteiger partial charge in [-0.15, -0.1) is 0 Å². The van der Waals surface area contributed by atoms with E-state index in [9.17, 15) is 24.8 Å². The topological polar surface area (TPSA) is 122 Å². The van der Waals surface area contributed by atoms with Gasteiger partial charge in [0, 0.05) is 17.7 Å². The summed E-state index contributed by atoms with van der Waals surface area (Å²) in [5.41, 5.74) is -1.000. The van der Waals surface area contributed by atoms with Crippen LogP contribution in [-0.4, -0.2) is 33.5 Å². The van der Waals surface area contributed by atoms with Crippen molar-refractivity contribution in [2.45, 2.75) is 57.0 Å². The number of nitrogens with zero attached hydrogens (tertiary/aromatic N) is 1. The van der Waals surface area contributed by atoms with E-state index >= 15 is 0 Å². The fourth-order valence-electron chi connectivity index (χ4n) is 3.33. The van der Waals surface area contributed by atoms with E-state index in [4.69, 9.17) is 0 Å². The molecule has 0 heterocycles. The van der Waals surface area contributed by atoms with Crippen LogP contribution in [0.4, 0.5) is 11.4 Å². The van der Waals surface area contributed by atoms with Gasteiger partial charge in [0.15, 0.2) is 0 Å². The van der Waals surface area contributed by atoms with Crippen LogP contribution >= 0.6 is 0 Å². The van der Waals surface area contributed by atoms with E-state index in [1.54, 1.807) is 0 Å². The quantitative estimate of drug-likeness (QED) is 0.529. The van der Waals surface area contributed by atoms with Gasteiger partial charge in [0.2, 0.25) is 0 Å². The number of anilines is 1. The van der Waals surface area contributed by atoms with Crippen LogP contribution in [0.1, 0.15) is 55.8 Å². The van der Waals surface area contributed by atoms with E-state index in [0.29, 0.717) is 24.4 Å². The van der Waals surface area contributed by atoms with Gasteiger partial charge in [0.25, 0.3) is 11.6 Å². The summed E-state index contributed by atoms with van der Waals surface area (Å²) in [7, 11) is 0. The van der Waals surface area contributed by atoms with Crippen molar-refractivity contribution in [3.8, 4) is 0 Å². The Morgan fingerprint density at radius 2 is 1.88 bits per heavy atom. The first-order valence-electron chi connectivity index (χ1n) is 8.91. The molecule has 26 heavy (non-hydrogen) atoms. The van der Waals surface area contributed by atoms with E-state index in [1.165, 1.54) is 18.2 Å². The third-order valence-electron chi connectivity index (χ3n) is 5.28. The SMILES string of the molecule is CC1CCC(NC(=O)c2ccc(NC3CC3)c([N+](=O)[O-])c2)(C(=O)O)CC1. The first-order chi connectivity index (χ1) is 12.3. The van der Waals surface area contributed by atoms with Crippen LogP contribution < -0.4 is 10.6 Å². The van der Waals surface area contributed by atoms with E-state index in [1.807, 2.05) is 0 Å². The number of hydrogen-bond donors (Lipinski definition) is 3. The van der Waals surface area contributed by atoms with Gasteiger partial charge in [-0.3, -0.25) is 14.9 Å². The van der Waals surface area contributed by atoms with Crippen LogP contribution in [0.2, 0.25) is 0 Å². The summed E-state index contributed by atoms with van der Waals surface area (Å²) in [5.74, 6) is -1.23. The maximum Gasteiger partial charge on any atom is 0.329 e. The molecule has 8 heteroatoms. The molecule has 2 aliphatic rings. The zero-order chi connectivity index (χ0) is 18.9. The third-order valence-corrected chi connectivity index (χ3v) is 5.28. The third kappa shape index (κ3) is 3.79. The average Bonchev–Trinajstić information content (AvgIpc) is 3.41. The fourth-order valence-corrected chi connectivity index (χ4v) is 3.33. The van der Waals surface area contributed by atoms with Gasteiger partial charge in [-0.1, -0.05) is 6.92 Å². The molecule has 3 rings (SSSR count).